The van der Waals surface area contributed by atoms with Crippen molar-refractivity contribution in [3.05, 3.63) is 59.4 Å². The molecule has 1 saturated heterocycles. The maximum atomic E-state index is 13.5. The fourth-order valence-electron chi connectivity index (χ4n) is 3.39. The molecule has 1 amide bonds. The second-order valence-corrected chi connectivity index (χ2v) is 6.17. The van der Waals surface area contributed by atoms with Crippen molar-refractivity contribution < 1.29 is 18.7 Å². The third kappa shape index (κ3) is 3.76. The summed E-state index contributed by atoms with van der Waals surface area (Å²) in [5.74, 6) is 1.02. The van der Waals surface area contributed by atoms with E-state index >= 15 is 0 Å². The molecule has 1 fully saturated rings. The first-order chi connectivity index (χ1) is 12.1. The smallest absolute Gasteiger partial charge is 0.227 e. The predicted octanol–water partition coefficient (Wildman–Crippen LogP) is 3.75. The summed E-state index contributed by atoms with van der Waals surface area (Å²) in [6.45, 7) is 0.702. The van der Waals surface area contributed by atoms with Crippen molar-refractivity contribution in [3.63, 3.8) is 0 Å². The van der Waals surface area contributed by atoms with Crippen LogP contribution in [-0.4, -0.2) is 31.6 Å². The molecule has 0 spiro atoms. The van der Waals surface area contributed by atoms with Gasteiger partial charge >= 0.3 is 0 Å². The van der Waals surface area contributed by atoms with Crippen molar-refractivity contribution in [3.8, 4) is 11.5 Å². The molecule has 2 aromatic carbocycles. The van der Waals surface area contributed by atoms with Gasteiger partial charge in [-0.15, -0.1) is 0 Å². The summed E-state index contributed by atoms with van der Waals surface area (Å²) in [5.41, 5.74) is 1.73. The van der Waals surface area contributed by atoms with Crippen LogP contribution < -0.4 is 9.47 Å². The van der Waals surface area contributed by atoms with E-state index in [9.17, 15) is 9.18 Å². The lowest BCUT2D eigenvalue weighted by Crippen LogP contribution is -2.31. The fraction of sp³-hybridized carbons (Fsp3) is 0.350. The fourth-order valence-corrected chi connectivity index (χ4v) is 3.39. The molecule has 0 bridgehead atoms. The maximum Gasteiger partial charge on any atom is 0.227 e. The Balaban J connectivity index is 1.76. The molecule has 25 heavy (non-hydrogen) atoms. The van der Waals surface area contributed by atoms with Gasteiger partial charge in [-0.05, 0) is 48.2 Å². The zero-order chi connectivity index (χ0) is 17.8. The molecule has 0 saturated carbocycles. The van der Waals surface area contributed by atoms with Crippen LogP contribution in [0.1, 0.15) is 30.0 Å². The minimum atomic E-state index is -0.267. The van der Waals surface area contributed by atoms with Gasteiger partial charge in [0.25, 0.3) is 0 Å². The standard InChI is InChI=1S/C20H22FNO3/c1-24-18-9-8-14(11-19(18)25-2)12-20(23)22-10-4-7-17(22)15-5-3-6-16(21)13-15/h3,5-6,8-9,11,13,17H,4,7,10,12H2,1-2H3/t17-/m1/s1. The Kier molecular flexibility index (Phi) is 5.22. The van der Waals surface area contributed by atoms with Gasteiger partial charge in [0, 0.05) is 6.54 Å². The van der Waals surface area contributed by atoms with Gasteiger partial charge in [-0.25, -0.2) is 4.39 Å². The molecule has 0 radical (unpaired) electrons. The molecule has 3 rings (SSSR count). The van der Waals surface area contributed by atoms with E-state index in [1.165, 1.54) is 12.1 Å². The summed E-state index contributed by atoms with van der Waals surface area (Å²) in [6, 6.07) is 12.0. The quantitative estimate of drug-likeness (QED) is 0.830. The second kappa shape index (κ2) is 7.55. The highest BCUT2D eigenvalue weighted by Gasteiger charge is 2.30. The molecule has 2 aromatic rings. The highest BCUT2D eigenvalue weighted by molar-refractivity contribution is 5.79. The van der Waals surface area contributed by atoms with E-state index in [0.29, 0.717) is 18.0 Å². The summed E-state index contributed by atoms with van der Waals surface area (Å²) < 4.78 is 24.0. The van der Waals surface area contributed by atoms with Gasteiger partial charge in [0.15, 0.2) is 11.5 Å². The van der Waals surface area contributed by atoms with Crippen molar-refractivity contribution in [2.75, 3.05) is 20.8 Å². The third-order valence-corrected chi connectivity index (χ3v) is 4.61. The van der Waals surface area contributed by atoms with E-state index < -0.39 is 0 Å². The number of benzene rings is 2. The van der Waals surface area contributed by atoms with Crippen molar-refractivity contribution in [1.82, 2.24) is 4.90 Å². The topological polar surface area (TPSA) is 38.8 Å². The van der Waals surface area contributed by atoms with Crippen LogP contribution in [0.15, 0.2) is 42.5 Å². The summed E-state index contributed by atoms with van der Waals surface area (Å²) in [4.78, 5) is 14.7. The average molecular weight is 343 g/mol. The van der Waals surface area contributed by atoms with Gasteiger partial charge in [0.05, 0.1) is 26.7 Å². The van der Waals surface area contributed by atoms with E-state index in [2.05, 4.69) is 0 Å². The molecular formula is C20H22FNO3. The van der Waals surface area contributed by atoms with Gasteiger partial charge in [-0.1, -0.05) is 18.2 Å². The average Bonchev–Trinajstić information content (AvgIpc) is 3.11. The van der Waals surface area contributed by atoms with E-state index in [-0.39, 0.29) is 24.2 Å². The number of rotatable bonds is 5. The molecule has 1 atom stereocenters. The highest BCUT2D eigenvalue weighted by atomic mass is 19.1. The Morgan fingerprint density at radius 1 is 1.16 bits per heavy atom. The summed E-state index contributed by atoms with van der Waals surface area (Å²) in [5, 5.41) is 0. The molecule has 0 aliphatic carbocycles. The Hall–Kier alpha value is -2.56. The molecule has 0 aromatic heterocycles. The number of carbonyl (C=O) groups excluding carboxylic acids is 1. The maximum absolute atomic E-state index is 13.5. The highest BCUT2D eigenvalue weighted by Crippen LogP contribution is 2.33. The molecule has 1 heterocycles. The first kappa shape index (κ1) is 17.3. The van der Waals surface area contributed by atoms with Crippen LogP contribution in [-0.2, 0) is 11.2 Å². The van der Waals surface area contributed by atoms with Crippen LogP contribution >= 0.6 is 0 Å². The summed E-state index contributed by atoms with van der Waals surface area (Å²) in [7, 11) is 3.15. The Morgan fingerprint density at radius 2 is 1.96 bits per heavy atom. The van der Waals surface area contributed by atoms with Crippen LogP contribution in [0.25, 0.3) is 0 Å². The number of ether oxygens (including phenoxy) is 2. The Bertz CT molecular complexity index is 762. The molecule has 4 nitrogen and oxygen atoms in total. The van der Waals surface area contributed by atoms with Gasteiger partial charge < -0.3 is 14.4 Å². The van der Waals surface area contributed by atoms with Gasteiger partial charge in [0.2, 0.25) is 5.91 Å². The van der Waals surface area contributed by atoms with Gasteiger partial charge in [-0.3, -0.25) is 4.79 Å². The molecule has 1 aliphatic heterocycles. The molecule has 132 valence electrons. The SMILES string of the molecule is COc1ccc(CC(=O)N2CCC[C@@H]2c2cccc(F)c2)cc1OC. The lowest BCUT2D eigenvalue weighted by atomic mass is 10.0. The first-order valence-electron chi connectivity index (χ1n) is 8.38. The Labute approximate surface area is 147 Å². The zero-order valence-corrected chi connectivity index (χ0v) is 14.5. The Morgan fingerprint density at radius 3 is 2.68 bits per heavy atom. The van der Waals surface area contributed by atoms with Crippen LogP contribution in [0, 0.1) is 5.82 Å². The van der Waals surface area contributed by atoms with E-state index in [0.717, 1.165) is 24.0 Å². The normalized spacial score (nSPS) is 16.8. The van der Waals surface area contributed by atoms with Crippen molar-refractivity contribution in [2.45, 2.75) is 25.3 Å². The monoisotopic (exact) mass is 343 g/mol. The number of halogens is 1. The van der Waals surface area contributed by atoms with Crippen molar-refractivity contribution in [1.29, 1.82) is 0 Å². The summed E-state index contributed by atoms with van der Waals surface area (Å²) in [6.07, 6.45) is 2.08. The number of hydrogen-bond donors (Lipinski definition) is 0. The van der Waals surface area contributed by atoms with Crippen LogP contribution in [0.2, 0.25) is 0 Å². The predicted molar refractivity (Wildman–Crippen MR) is 93.3 cm³/mol. The number of likely N-dealkylation sites (tertiary alicyclic amines) is 1. The molecule has 0 N–H and O–H groups in total. The van der Waals surface area contributed by atoms with Gasteiger partial charge in [0.1, 0.15) is 5.82 Å². The minimum Gasteiger partial charge on any atom is -0.493 e. The zero-order valence-electron chi connectivity index (χ0n) is 14.5. The van der Waals surface area contributed by atoms with Gasteiger partial charge in [-0.2, -0.15) is 0 Å². The number of methoxy groups -OCH3 is 2. The minimum absolute atomic E-state index is 0.0407. The van der Waals surface area contributed by atoms with Crippen LogP contribution in [0.5, 0.6) is 11.5 Å². The lowest BCUT2D eigenvalue weighted by molar-refractivity contribution is -0.131. The van der Waals surface area contributed by atoms with Crippen molar-refractivity contribution in [2.24, 2.45) is 0 Å². The molecule has 1 aliphatic rings. The van der Waals surface area contributed by atoms with E-state index in [1.54, 1.807) is 26.4 Å². The first-order valence-corrected chi connectivity index (χ1v) is 8.38. The lowest BCUT2D eigenvalue weighted by Gasteiger charge is -2.25. The molecular weight excluding hydrogens is 321 g/mol. The number of hydrogen-bond acceptors (Lipinski definition) is 3. The van der Waals surface area contributed by atoms with E-state index in [4.69, 9.17) is 9.47 Å². The number of carbonyl (C=O) groups is 1. The molecule has 0 unspecified atom stereocenters. The van der Waals surface area contributed by atoms with Crippen LogP contribution in [0.3, 0.4) is 0 Å². The summed E-state index contributed by atoms with van der Waals surface area (Å²) >= 11 is 0. The number of amides is 1. The third-order valence-electron chi connectivity index (χ3n) is 4.61. The van der Waals surface area contributed by atoms with E-state index in [1.807, 2.05) is 23.1 Å². The largest absolute Gasteiger partial charge is 0.493 e. The molecule has 5 heteroatoms. The number of nitrogens with zero attached hydrogens (tertiary/aromatic N) is 1. The van der Waals surface area contributed by atoms with Crippen LogP contribution in [0.4, 0.5) is 4.39 Å². The van der Waals surface area contributed by atoms with Crippen molar-refractivity contribution >= 4 is 5.91 Å². The second-order valence-electron chi connectivity index (χ2n) is 6.17.